The SMILES string of the molecule is C#CCOc1cc(C(N)=O)cc(Cl)c1OCC#C. The van der Waals surface area contributed by atoms with Crippen molar-refractivity contribution in [3.05, 3.63) is 22.7 Å². The second-order valence-electron chi connectivity index (χ2n) is 3.14. The van der Waals surface area contributed by atoms with Crippen molar-refractivity contribution >= 4 is 17.5 Å². The summed E-state index contributed by atoms with van der Waals surface area (Å²) >= 11 is 5.96. The summed E-state index contributed by atoms with van der Waals surface area (Å²) in [5.41, 5.74) is 5.36. The number of nitrogens with two attached hydrogens (primary N) is 1. The Morgan fingerprint density at radius 1 is 1.28 bits per heavy atom. The number of carbonyl (C=O) groups excluding carboxylic acids is 1. The van der Waals surface area contributed by atoms with E-state index in [0.717, 1.165) is 0 Å². The molecule has 0 bridgehead atoms. The van der Waals surface area contributed by atoms with Crippen molar-refractivity contribution in [2.45, 2.75) is 0 Å². The van der Waals surface area contributed by atoms with Crippen molar-refractivity contribution in [1.82, 2.24) is 0 Å². The Labute approximate surface area is 110 Å². The van der Waals surface area contributed by atoms with Gasteiger partial charge in [0.05, 0.1) is 5.02 Å². The molecule has 0 saturated carbocycles. The van der Waals surface area contributed by atoms with Crippen molar-refractivity contribution in [2.24, 2.45) is 5.73 Å². The third-order valence-corrected chi connectivity index (χ3v) is 2.19. The van der Waals surface area contributed by atoms with Crippen LogP contribution >= 0.6 is 11.6 Å². The minimum Gasteiger partial charge on any atom is -0.477 e. The van der Waals surface area contributed by atoms with Gasteiger partial charge in [-0.2, -0.15) is 0 Å². The molecule has 2 N–H and O–H groups in total. The van der Waals surface area contributed by atoms with Gasteiger partial charge in [0.25, 0.3) is 0 Å². The molecule has 1 aromatic rings. The van der Waals surface area contributed by atoms with Gasteiger partial charge in [-0.15, -0.1) is 12.8 Å². The summed E-state index contributed by atoms with van der Waals surface area (Å²) in [7, 11) is 0. The van der Waals surface area contributed by atoms with E-state index < -0.39 is 5.91 Å². The zero-order chi connectivity index (χ0) is 13.5. The molecule has 0 radical (unpaired) electrons. The van der Waals surface area contributed by atoms with Gasteiger partial charge in [-0.1, -0.05) is 23.4 Å². The van der Waals surface area contributed by atoms with Gasteiger partial charge in [-0.3, -0.25) is 4.79 Å². The predicted octanol–water partition coefficient (Wildman–Crippen LogP) is 1.46. The molecule has 1 aromatic carbocycles. The number of terminal acetylenes is 2. The zero-order valence-corrected chi connectivity index (χ0v) is 10.2. The Hall–Kier alpha value is -2.30. The van der Waals surface area contributed by atoms with Gasteiger partial charge in [-0.25, -0.2) is 0 Å². The van der Waals surface area contributed by atoms with E-state index in [2.05, 4.69) is 11.8 Å². The topological polar surface area (TPSA) is 61.5 Å². The smallest absolute Gasteiger partial charge is 0.248 e. The van der Waals surface area contributed by atoms with E-state index in [9.17, 15) is 4.79 Å². The second kappa shape index (κ2) is 6.44. The van der Waals surface area contributed by atoms with Crippen LogP contribution < -0.4 is 15.2 Å². The molecular formula is C13H10ClNO3. The first-order valence-corrected chi connectivity index (χ1v) is 5.23. The number of amides is 1. The Kier molecular flexibility index (Phi) is 4.92. The number of carbonyl (C=O) groups is 1. The molecule has 4 nitrogen and oxygen atoms in total. The third-order valence-electron chi connectivity index (χ3n) is 1.90. The molecule has 0 fully saturated rings. The van der Waals surface area contributed by atoms with E-state index >= 15 is 0 Å². The average molecular weight is 264 g/mol. The van der Waals surface area contributed by atoms with Crippen LogP contribution in [0.1, 0.15) is 10.4 Å². The van der Waals surface area contributed by atoms with Gasteiger partial charge < -0.3 is 15.2 Å². The molecule has 0 aliphatic heterocycles. The lowest BCUT2D eigenvalue weighted by molar-refractivity contribution is 0.1000. The Morgan fingerprint density at radius 3 is 2.44 bits per heavy atom. The lowest BCUT2D eigenvalue weighted by atomic mass is 10.2. The van der Waals surface area contributed by atoms with Crippen LogP contribution in [0.25, 0.3) is 0 Å². The average Bonchev–Trinajstić information content (AvgIpc) is 2.34. The highest BCUT2D eigenvalue weighted by Crippen LogP contribution is 2.36. The predicted molar refractivity (Wildman–Crippen MR) is 68.6 cm³/mol. The highest BCUT2D eigenvalue weighted by atomic mass is 35.5. The summed E-state index contributed by atoms with van der Waals surface area (Å²) < 4.78 is 10.5. The van der Waals surface area contributed by atoms with E-state index in [1.807, 2.05) is 0 Å². The number of rotatable bonds is 5. The first-order valence-electron chi connectivity index (χ1n) is 4.86. The number of hydrogen-bond acceptors (Lipinski definition) is 3. The van der Waals surface area contributed by atoms with E-state index in [0.29, 0.717) is 0 Å². The van der Waals surface area contributed by atoms with E-state index in [4.69, 9.17) is 39.7 Å². The molecule has 0 unspecified atom stereocenters. The monoisotopic (exact) mass is 263 g/mol. The van der Waals surface area contributed by atoms with Crippen molar-refractivity contribution in [1.29, 1.82) is 0 Å². The van der Waals surface area contributed by atoms with Crippen LogP contribution in [0.5, 0.6) is 11.5 Å². The first kappa shape index (κ1) is 13.8. The molecule has 0 aliphatic rings. The van der Waals surface area contributed by atoms with Crippen LogP contribution in [0.3, 0.4) is 0 Å². The lowest BCUT2D eigenvalue weighted by Crippen LogP contribution is -2.12. The van der Waals surface area contributed by atoms with Crippen LogP contribution in [0.15, 0.2) is 12.1 Å². The van der Waals surface area contributed by atoms with Gasteiger partial charge in [-0.05, 0) is 12.1 Å². The first-order chi connectivity index (χ1) is 8.60. The summed E-state index contributed by atoms with van der Waals surface area (Å²) in [6.45, 7) is 0.0208. The standard InChI is InChI=1S/C13H10ClNO3/c1-3-5-17-11-8-9(13(15)16)7-10(14)12(11)18-6-4-2/h1-2,7-8H,5-6H2,(H2,15,16). The molecule has 0 aliphatic carbocycles. The normalized spacial score (nSPS) is 9.06. The minimum absolute atomic E-state index is 0.00492. The fraction of sp³-hybridized carbons (Fsp3) is 0.154. The molecule has 0 atom stereocenters. The van der Waals surface area contributed by atoms with Crippen LogP contribution in [-0.2, 0) is 0 Å². The highest BCUT2D eigenvalue weighted by molar-refractivity contribution is 6.32. The molecule has 0 saturated heterocycles. The summed E-state index contributed by atoms with van der Waals surface area (Å²) in [5, 5.41) is 0.175. The van der Waals surface area contributed by atoms with E-state index in [1.54, 1.807) is 0 Å². The Morgan fingerprint density at radius 2 is 1.89 bits per heavy atom. The molecule has 92 valence electrons. The van der Waals surface area contributed by atoms with Crippen LogP contribution in [-0.4, -0.2) is 19.1 Å². The third kappa shape index (κ3) is 3.35. The Bertz CT molecular complexity index is 540. The molecule has 1 amide bonds. The summed E-state index contributed by atoms with van der Waals surface area (Å²) in [4.78, 5) is 11.1. The fourth-order valence-corrected chi connectivity index (χ4v) is 1.46. The maximum Gasteiger partial charge on any atom is 0.248 e. The van der Waals surface area contributed by atoms with Crippen LogP contribution in [0.2, 0.25) is 5.02 Å². The maximum atomic E-state index is 11.1. The quantitative estimate of drug-likeness (QED) is 0.818. The highest BCUT2D eigenvalue weighted by Gasteiger charge is 2.14. The van der Waals surface area contributed by atoms with Crippen molar-refractivity contribution in [2.75, 3.05) is 13.2 Å². The second-order valence-corrected chi connectivity index (χ2v) is 3.54. The van der Waals surface area contributed by atoms with Gasteiger partial charge in [0, 0.05) is 5.56 Å². The largest absolute Gasteiger partial charge is 0.477 e. The zero-order valence-electron chi connectivity index (χ0n) is 9.40. The van der Waals surface area contributed by atoms with Crippen LogP contribution in [0.4, 0.5) is 0 Å². The molecule has 1 rings (SSSR count). The number of ether oxygens (including phenoxy) is 2. The molecule has 0 spiro atoms. The molecular weight excluding hydrogens is 254 g/mol. The Balaban J connectivity index is 3.18. The number of benzene rings is 1. The molecule has 0 heterocycles. The summed E-state index contributed by atoms with van der Waals surface area (Å²) in [6.07, 6.45) is 10.2. The van der Waals surface area contributed by atoms with Gasteiger partial charge >= 0.3 is 0 Å². The fourth-order valence-electron chi connectivity index (χ4n) is 1.19. The molecule has 0 aromatic heterocycles. The van der Waals surface area contributed by atoms with Crippen LogP contribution in [0, 0.1) is 24.7 Å². The molecule has 18 heavy (non-hydrogen) atoms. The number of halogens is 1. The van der Waals surface area contributed by atoms with Crippen molar-refractivity contribution in [3.63, 3.8) is 0 Å². The van der Waals surface area contributed by atoms with Crippen molar-refractivity contribution < 1.29 is 14.3 Å². The summed E-state index contributed by atoms with van der Waals surface area (Å²) in [6, 6.07) is 2.77. The van der Waals surface area contributed by atoms with E-state index in [1.165, 1.54) is 12.1 Å². The van der Waals surface area contributed by atoms with Gasteiger partial charge in [0.2, 0.25) is 5.91 Å². The number of hydrogen-bond donors (Lipinski definition) is 1. The minimum atomic E-state index is -0.633. The van der Waals surface area contributed by atoms with Gasteiger partial charge in [0.1, 0.15) is 13.2 Å². The lowest BCUT2D eigenvalue weighted by Gasteiger charge is -2.12. The van der Waals surface area contributed by atoms with Crippen molar-refractivity contribution in [3.8, 4) is 36.2 Å². The van der Waals surface area contributed by atoms with E-state index in [-0.39, 0.29) is 35.3 Å². The summed E-state index contributed by atoms with van der Waals surface area (Å²) in [5.74, 6) is 4.41. The van der Waals surface area contributed by atoms with Gasteiger partial charge in [0.15, 0.2) is 11.5 Å². The number of primary amides is 1. The maximum absolute atomic E-state index is 11.1. The molecule has 5 heteroatoms.